The van der Waals surface area contributed by atoms with Crippen LogP contribution in [0.2, 0.25) is 0 Å². The van der Waals surface area contributed by atoms with E-state index in [0.717, 1.165) is 24.3 Å². The zero-order chi connectivity index (χ0) is 14.4. The summed E-state index contributed by atoms with van der Waals surface area (Å²) >= 11 is 0. The first-order chi connectivity index (χ1) is 9.67. The quantitative estimate of drug-likeness (QED) is 0.838. The Morgan fingerprint density at radius 2 is 1.95 bits per heavy atom. The molecule has 1 N–H and O–H groups in total. The number of aryl methyl sites for hydroxylation is 3. The summed E-state index contributed by atoms with van der Waals surface area (Å²) in [5.74, 6) is 0.892. The van der Waals surface area contributed by atoms with E-state index >= 15 is 0 Å². The van der Waals surface area contributed by atoms with Crippen molar-refractivity contribution in [2.24, 2.45) is 0 Å². The third-order valence-electron chi connectivity index (χ3n) is 2.96. The highest BCUT2D eigenvalue weighted by atomic mass is 16.5. The monoisotopic (exact) mass is 275 g/mol. The summed E-state index contributed by atoms with van der Waals surface area (Å²) in [6, 6.07) is 6.18. The van der Waals surface area contributed by atoms with Gasteiger partial charge in [-0.25, -0.2) is 4.68 Å². The average molecular weight is 275 g/mol. The summed E-state index contributed by atoms with van der Waals surface area (Å²) in [4.78, 5) is 0. The van der Waals surface area contributed by atoms with E-state index in [1.54, 1.807) is 4.68 Å². The van der Waals surface area contributed by atoms with Crippen LogP contribution in [0, 0.1) is 13.8 Å². The minimum absolute atomic E-state index is 0.183. The van der Waals surface area contributed by atoms with Crippen LogP contribution in [0.1, 0.15) is 23.2 Å². The van der Waals surface area contributed by atoms with Crippen molar-refractivity contribution >= 4 is 0 Å². The van der Waals surface area contributed by atoms with Crippen LogP contribution in [0.4, 0.5) is 0 Å². The van der Waals surface area contributed by atoms with Crippen LogP contribution in [0.3, 0.4) is 0 Å². The Morgan fingerprint density at radius 1 is 1.20 bits per heavy atom. The van der Waals surface area contributed by atoms with Crippen molar-refractivity contribution in [3.8, 4) is 5.75 Å². The number of benzene rings is 1. The van der Waals surface area contributed by atoms with Gasteiger partial charge < -0.3 is 9.84 Å². The molecule has 1 aromatic heterocycles. The van der Waals surface area contributed by atoms with Gasteiger partial charge >= 0.3 is 0 Å². The number of nitrogens with zero attached hydrogens (tertiary/aromatic N) is 3. The smallest absolute Gasteiger partial charge is 0.119 e. The van der Waals surface area contributed by atoms with Crippen LogP contribution in [0.25, 0.3) is 0 Å². The zero-order valence-corrected chi connectivity index (χ0v) is 12.0. The van der Waals surface area contributed by atoms with Crippen LogP contribution in [0.15, 0.2) is 24.4 Å². The van der Waals surface area contributed by atoms with Gasteiger partial charge in [0, 0.05) is 12.8 Å². The third kappa shape index (κ3) is 4.35. The lowest BCUT2D eigenvalue weighted by Gasteiger charge is -2.07. The van der Waals surface area contributed by atoms with Gasteiger partial charge in [0.25, 0.3) is 0 Å². The molecule has 2 aromatic rings. The molecule has 1 heterocycles. The topological polar surface area (TPSA) is 60.2 Å². The maximum atomic E-state index is 8.77. The predicted octanol–water partition coefficient (Wildman–Crippen LogP) is 1.90. The SMILES string of the molecule is Cc1cc(C)cc(OCCn2cc(CCCO)nn2)c1. The third-order valence-corrected chi connectivity index (χ3v) is 2.96. The molecule has 5 nitrogen and oxygen atoms in total. The van der Waals surface area contributed by atoms with Gasteiger partial charge in [-0.15, -0.1) is 5.10 Å². The maximum Gasteiger partial charge on any atom is 0.119 e. The van der Waals surface area contributed by atoms with Gasteiger partial charge in [-0.2, -0.15) is 0 Å². The molecule has 0 amide bonds. The lowest BCUT2D eigenvalue weighted by Crippen LogP contribution is -2.09. The molecular formula is C15H21N3O2. The first-order valence-corrected chi connectivity index (χ1v) is 6.88. The van der Waals surface area contributed by atoms with Gasteiger partial charge in [-0.05, 0) is 49.9 Å². The fourth-order valence-electron chi connectivity index (χ4n) is 2.10. The second kappa shape index (κ2) is 7.05. The summed E-state index contributed by atoms with van der Waals surface area (Å²) in [6.45, 7) is 5.53. The number of aliphatic hydroxyl groups is 1. The Kier molecular flexibility index (Phi) is 5.12. The molecule has 2 rings (SSSR count). The van der Waals surface area contributed by atoms with E-state index in [0.29, 0.717) is 13.2 Å². The van der Waals surface area contributed by atoms with Gasteiger partial charge in [0.15, 0.2) is 0 Å². The van der Waals surface area contributed by atoms with Gasteiger partial charge in [-0.3, -0.25) is 0 Å². The summed E-state index contributed by atoms with van der Waals surface area (Å²) in [6.07, 6.45) is 3.38. The van der Waals surface area contributed by atoms with E-state index in [1.165, 1.54) is 11.1 Å². The van der Waals surface area contributed by atoms with E-state index in [-0.39, 0.29) is 6.61 Å². The predicted molar refractivity (Wildman–Crippen MR) is 76.8 cm³/mol. The molecule has 0 aliphatic rings. The van der Waals surface area contributed by atoms with E-state index in [2.05, 4.69) is 30.2 Å². The fourth-order valence-corrected chi connectivity index (χ4v) is 2.10. The second-order valence-electron chi connectivity index (χ2n) is 4.97. The van der Waals surface area contributed by atoms with Crippen molar-refractivity contribution in [3.63, 3.8) is 0 Å². The molecule has 0 fully saturated rings. The van der Waals surface area contributed by atoms with Crippen molar-refractivity contribution < 1.29 is 9.84 Å². The first-order valence-electron chi connectivity index (χ1n) is 6.88. The molecule has 0 aliphatic heterocycles. The Hall–Kier alpha value is -1.88. The number of ether oxygens (including phenoxy) is 1. The van der Waals surface area contributed by atoms with Gasteiger partial charge in [0.05, 0.1) is 12.2 Å². The number of rotatable bonds is 7. The van der Waals surface area contributed by atoms with Crippen molar-refractivity contribution in [3.05, 3.63) is 41.2 Å². The van der Waals surface area contributed by atoms with E-state index in [4.69, 9.17) is 9.84 Å². The highest BCUT2D eigenvalue weighted by Gasteiger charge is 2.01. The Balaban J connectivity index is 1.81. The molecular weight excluding hydrogens is 254 g/mol. The van der Waals surface area contributed by atoms with Crippen LogP contribution in [-0.4, -0.2) is 33.3 Å². The molecule has 0 bridgehead atoms. The van der Waals surface area contributed by atoms with E-state index in [9.17, 15) is 0 Å². The molecule has 0 spiro atoms. The molecule has 0 radical (unpaired) electrons. The van der Waals surface area contributed by atoms with Crippen molar-refractivity contribution in [2.45, 2.75) is 33.2 Å². The minimum Gasteiger partial charge on any atom is -0.492 e. The zero-order valence-electron chi connectivity index (χ0n) is 12.0. The van der Waals surface area contributed by atoms with E-state index < -0.39 is 0 Å². The molecule has 0 saturated carbocycles. The Labute approximate surface area is 119 Å². The minimum atomic E-state index is 0.183. The van der Waals surface area contributed by atoms with Gasteiger partial charge in [-0.1, -0.05) is 11.3 Å². The van der Waals surface area contributed by atoms with Gasteiger partial charge in [0.2, 0.25) is 0 Å². The standard InChI is InChI=1S/C15H21N3O2/c1-12-8-13(2)10-15(9-12)20-7-5-18-11-14(16-17-18)4-3-6-19/h8-11,19H,3-7H2,1-2H3. The number of hydrogen-bond donors (Lipinski definition) is 1. The number of aliphatic hydroxyl groups excluding tert-OH is 1. The molecule has 20 heavy (non-hydrogen) atoms. The lowest BCUT2D eigenvalue weighted by molar-refractivity contribution is 0.288. The largest absolute Gasteiger partial charge is 0.492 e. The normalized spacial score (nSPS) is 10.8. The first kappa shape index (κ1) is 14.5. The fraction of sp³-hybridized carbons (Fsp3) is 0.467. The Morgan fingerprint density at radius 3 is 2.65 bits per heavy atom. The van der Waals surface area contributed by atoms with Crippen LogP contribution >= 0.6 is 0 Å². The molecule has 0 aliphatic carbocycles. The Bertz CT molecular complexity index is 532. The number of hydrogen-bond acceptors (Lipinski definition) is 4. The second-order valence-corrected chi connectivity index (χ2v) is 4.97. The average Bonchev–Trinajstić information content (AvgIpc) is 2.83. The van der Waals surface area contributed by atoms with Crippen molar-refractivity contribution in [1.82, 2.24) is 15.0 Å². The summed E-state index contributed by atoms with van der Waals surface area (Å²) < 4.78 is 7.51. The molecule has 5 heteroatoms. The van der Waals surface area contributed by atoms with Crippen molar-refractivity contribution in [1.29, 1.82) is 0 Å². The molecule has 0 atom stereocenters. The maximum absolute atomic E-state index is 8.77. The lowest BCUT2D eigenvalue weighted by atomic mass is 10.1. The molecule has 1 aromatic carbocycles. The summed E-state index contributed by atoms with van der Waals surface area (Å²) in [7, 11) is 0. The van der Waals surface area contributed by atoms with Gasteiger partial charge in [0.1, 0.15) is 12.4 Å². The summed E-state index contributed by atoms with van der Waals surface area (Å²) in [5, 5.41) is 16.9. The molecule has 0 unspecified atom stereocenters. The molecule has 108 valence electrons. The van der Waals surface area contributed by atoms with Crippen LogP contribution in [0.5, 0.6) is 5.75 Å². The summed E-state index contributed by atoms with van der Waals surface area (Å²) in [5.41, 5.74) is 3.31. The van der Waals surface area contributed by atoms with Crippen molar-refractivity contribution in [2.75, 3.05) is 13.2 Å². The van der Waals surface area contributed by atoms with Crippen LogP contribution in [-0.2, 0) is 13.0 Å². The molecule has 0 saturated heterocycles. The van der Waals surface area contributed by atoms with E-state index in [1.807, 2.05) is 18.3 Å². The number of aromatic nitrogens is 3. The van der Waals surface area contributed by atoms with Crippen LogP contribution < -0.4 is 4.74 Å². The highest BCUT2D eigenvalue weighted by molar-refractivity contribution is 5.32. The highest BCUT2D eigenvalue weighted by Crippen LogP contribution is 2.16.